The third-order valence-corrected chi connectivity index (χ3v) is 10.3. The standard InChI is InChI=1S/C33H39N2O7P/c1-2-42-43(40,24-31(36)35-22-28(21-29(35)32(37)38)20-26-14-8-4-9-15-26)30(19-18-25-12-6-3-7-13-25)34-33(39)41-23-27-16-10-5-11-17-27/h3-17,28-30H,2,18-24H2,1H3,(H,34,39)(H,37,38)/t28?,29-,30-,43?/m0/s1. The van der Waals surface area contributed by atoms with Crippen molar-refractivity contribution in [3.63, 3.8) is 0 Å². The molecule has 0 spiro atoms. The number of benzene rings is 3. The van der Waals surface area contributed by atoms with E-state index in [1.165, 1.54) is 4.90 Å². The third-order valence-electron chi connectivity index (χ3n) is 7.58. The van der Waals surface area contributed by atoms with Crippen molar-refractivity contribution < 1.29 is 33.3 Å². The van der Waals surface area contributed by atoms with Gasteiger partial charge >= 0.3 is 12.1 Å². The normalized spacial score (nSPS) is 18.4. The first kappa shape index (κ1) is 32.0. The van der Waals surface area contributed by atoms with Crippen molar-refractivity contribution in [2.45, 2.75) is 51.0 Å². The van der Waals surface area contributed by atoms with Gasteiger partial charge in [0.05, 0.1) is 6.61 Å². The number of carbonyl (C=O) groups excluding carboxylic acids is 2. The fourth-order valence-corrected chi connectivity index (χ4v) is 7.80. The lowest BCUT2D eigenvalue weighted by Crippen LogP contribution is -2.44. The lowest BCUT2D eigenvalue weighted by atomic mass is 9.97. The molecule has 1 aliphatic rings. The van der Waals surface area contributed by atoms with Gasteiger partial charge in [0.15, 0.2) is 0 Å². The minimum Gasteiger partial charge on any atom is -0.480 e. The van der Waals surface area contributed by atoms with Crippen LogP contribution in [0.1, 0.15) is 36.5 Å². The Kier molecular flexibility index (Phi) is 11.5. The quantitative estimate of drug-likeness (QED) is 0.225. The van der Waals surface area contributed by atoms with Crippen molar-refractivity contribution in [1.82, 2.24) is 10.2 Å². The second-order valence-electron chi connectivity index (χ2n) is 10.7. The average molecular weight is 607 g/mol. The monoisotopic (exact) mass is 606 g/mol. The summed E-state index contributed by atoms with van der Waals surface area (Å²) < 4.78 is 25.7. The molecule has 4 rings (SSSR count). The molecule has 0 bridgehead atoms. The number of alkyl carbamates (subject to hydrolysis) is 1. The van der Waals surface area contributed by atoms with Gasteiger partial charge in [-0.25, -0.2) is 9.59 Å². The van der Waals surface area contributed by atoms with E-state index in [9.17, 15) is 24.1 Å². The number of carboxylic acid groups (broad SMARTS) is 1. The minimum absolute atomic E-state index is 0.0207. The zero-order valence-corrected chi connectivity index (χ0v) is 25.2. The number of carboxylic acids is 1. The molecule has 10 heteroatoms. The van der Waals surface area contributed by atoms with Crippen LogP contribution in [0.3, 0.4) is 0 Å². The molecule has 1 saturated heterocycles. The van der Waals surface area contributed by atoms with E-state index in [0.717, 1.165) is 16.7 Å². The van der Waals surface area contributed by atoms with E-state index in [1.807, 2.05) is 91.0 Å². The van der Waals surface area contributed by atoms with Gasteiger partial charge in [0.2, 0.25) is 13.3 Å². The van der Waals surface area contributed by atoms with E-state index in [1.54, 1.807) is 6.92 Å². The van der Waals surface area contributed by atoms with Gasteiger partial charge < -0.3 is 24.6 Å². The molecule has 0 aliphatic carbocycles. The smallest absolute Gasteiger partial charge is 0.408 e. The van der Waals surface area contributed by atoms with Crippen LogP contribution in [0, 0.1) is 5.92 Å². The molecule has 2 N–H and O–H groups in total. The topological polar surface area (TPSA) is 122 Å². The van der Waals surface area contributed by atoms with E-state index < -0.39 is 43.3 Å². The Bertz CT molecular complexity index is 1390. The Hall–Kier alpha value is -3.94. The Morgan fingerprint density at radius 3 is 2.09 bits per heavy atom. The molecule has 1 fully saturated rings. The van der Waals surface area contributed by atoms with Crippen molar-refractivity contribution in [2.75, 3.05) is 19.3 Å². The number of ether oxygens (including phenoxy) is 1. The highest BCUT2D eigenvalue weighted by atomic mass is 31.2. The highest BCUT2D eigenvalue weighted by molar-refractivity contribution is 7.60. The summed E-state index contributed by atoms with van der Waals surface area (Å²) in [4.78, 5) is 40.1. The van der Waals surface area contributed by atoms with E-state index in [4.69, 9.17) is 9.26 Å². The Morgan fingerprint density at radius 2 is 1.51 bits per heavy atom. The molecule has 1 heterocycles. The van der Waals surface area contributed by atoms with Gasteiger partial charge in [-0.05, 0) is 55.2 Å². The number of carbonyl (C=O) groups is 3. The Labute approximate surface area is 252 Å². The molecule has 0 saturated carbocycles. The van der Waals surface area contributed by atoms with E-state index in [2.05, 4.69) is 5.32 Å². The number of likely N-dealkylation sites (tertiary alicyclic amines) is 1. The minimum atomic E-state index is -3.86. The number of hydrogen-bond donors (Lipinski definition) is 2. The van der Waals surface area contributed by atoms with Crippen molar-refractivity contribution >= 4 is 25.3 Å². The Balaban J connectivity index is 1.51. The van der Waals surface area contributed by atoms with Gasteiger partial charge in [-0.2, -0.15) is 0 Å². The van der Waals surface area contributed by atoms with E-state index >= 15 is 0 Å². The van der Waals surface area contributed by atoms with Gasteiger partial charge in [0, 0.05) is 6.54 Å². The lowest BCUT2D eigenvalue weighted by Gasteiger charge is -2.30. The summed E-state index contributed by atoms with van der Waals surface area (Å²) in [5.74, 6) is -2.74. The summed E-state index contributed by atoms with van der Waals surface area (Å²) in [6.07, 6.45) is 0.329. The van der Waals surface area contributed by atoms with Crippen LogP contribution in [0.15, 0.2) is 91.0 Å². The van der Waals surface area contributed by atoms with Crippen molar-refractivity contribution in [1.29, 1.82) is 0 Å². The van der Waals surface area contributed by atoms with Gasteiger partial charge in [-0.1, -0.05) is 91.0 Å². The maximum Gasteiger partial charge on any atom is 0.408 e. The molecule has 3 aromatic carbocycles. The maximum atomic E-state index is 14.5. The number of aryl methyl sites for hydroxylation is 1. The van der Waals surface area contributed by atoms with Crippen LogP contribution in [0.2, 0.25) is 0 Å². The highest BCUT2D eigenvalue weighted by Gasteiger charge is 2.44. The molecule has 2 amide bonds. The molecular formula is C33H39N2O7P. The summed E-state index contributed by atoms with van der Waals surface area (Å²) in [6.45, 7) is 1.97. The van der Waals surface area contributed by atoms with Crippen LogP contribution in [0.5, 0.6) is 0 Å². The largest absolute Gasteiger partial charge is 0.480 e. The first-order valence-corrected chi connectivity index (χ1v) is 16.5. The van der Waals surface area contributed by atoms with Gasteiger partial charge in [-0.15, -0.1) is 0 Å². The molecule has 0 radical (unpaired) electrons. The highest BCUT2D eigenvalue weighted by Crippen LogP contribution is 2.53. The Morgan fingerprint density at radius 1 is 0.930 bits per heavy atom. The molecular weight excluding hydrogens is 567 g/mol. The number of aliphatic carboxylic acids is 1. The summed E-state index contributed by atoms with van der Waals surface area (Å²) >= 11 is 0. The SMILES string of the molecule is CCOP(=O)(CC(=O)N1CC(Cc2ccccc2)C[C@H]1C(=O)O)[C@@H](CCc1ccccc1)NC(=O)OCc1ccccc1. The summed E-state index contributed by atoms with van der Waals surface area (Å²) in [7, 11) is -3.86. The van der Waals surface area contributed by atoms with Gasteiger partial charge in [0.25, 0.3) is 0 Å². The van der Waals surface area contributed by atoms with Crippen LogP contribution < -0.4 is 5.32 Å². The fourth-order valence-electron chi connectivity index (χ4n) is 5.49. The van der Waals surface area contributed by atoms with Crippen LogP contribution in [0.25, 0.3) is 0 Å². The van der Waals surface area contributed by atoms with Crippen LogP contribution in [-0.4, -0.2) is 59.1 Å². The molecule has 0 aromatic heterocycles. The molecule has 9 nitrogen and oxygen atoms in total. The number of hydrogen-bond acceptors (Lipinski definition) is 6. The average Bonchev–Trinajstić information content (AvgIpc) is 3.44. The molecule has 228 valence electrons. The maximum absolute atomic E-state index is 14.5. The van der Waals surface area contributed by atoms with Gasteiger partial charge in [-0.3, -0.25) is 9.36 Å². The molecule has 2 unspecified atom stereocenters. The second kappa shape index (κ2) is 15.5. The van der Waals surface area contributed by atoms with Crippen molar-refractivity contribution in [2.24, 2.45) is 5.92 Å². The lowest BCUT2D eigenvalue weighted by molar-refractivity contribution is -0.147. The predicted molar refractivity (Wildman–Crippen MR) is 164 cm³/mol. The molecule has 3 aromatic rings. The first-order valence-electron chi connectivity index (χ1n) is 14.6. The number of rotatable bonds is 14. The van der Waals surface area contributed by atoms with Crippen LogP contribution in [-0.2, 0) is 42.9 Å². The summed E-state index contributed by atoms with van der Waals surface area (Å²) in [5, 5.41) is 12.7. The number of amides is 2. The first-order chi connectivity index (χ1) is 20.8. The van der Waals surface area contributed by atoms with Crippen LogP contribution >= 0.6 is 7.37 Å². The van der Waals surface area contributed by atoms with Crippen molar-refractivity contribution in [3.8, 4) is 0 Å². The second-order valence-corrected chi connectivity index (χ2v) is 13.4. The van der Waals surface area contributed by atoms with Gasteiger partial charge in [0.1, 0.15) is 24.6 Å². The zero-order valence-electron chi connectivity index (χ0n) is 24.3. The third kappa shape index (κ3) is 9.27. The molecule has 43 heavy (non-hydrogen) atoms. The predicted octanol–water partition coefficient (Wildman–Crippen LogP) is 5.73. The number of nitrogens with one attached hydrogen (secondary N) is 1. The molecule has 1 aliphatic heterocycles. The summed E-state index contributed by atoms with van der Waals surface area (Å²) in [6, 6.07) is 27.4. The number of nitrogens with zero attached hydrogens (tertiary/aromatic N) is 1. The van der Waals surface area contributed by atoms with Crippen LogP contribution in [0.4, 0.5) is 4.79 Å². The molecule has 4 atom stereocenters. The van der Waals surface area contributed by atoms with E-state index in [0.29, 0.717) is 19.3 Å². The fraction of sp³-hybridized carbons (Fsp3) is 0.364. The van der Waals surface area contributed by atoms with E-state index in [-0.39, 0.29) is 32.1 Å². The van der Waals surface area contributed by atoms with Crippen molar-refractivity contribution in [3.05, 3.63) is 108 Å². The summed E-state index contributed by atoms with van der Waals surface area (Å²) in [5.41, 5.74) is 2.82. The zero-order chi connectivity index (χ0) is 30.7.